The smallest absolute Gasteiger partial charge is 0.225 e. The average molecular weight is 492 g/mol. The van der Waals surface area contributed by atoms with Crippen LogP contribution in [0.4, 0.5) is 10.3 Å². The molecule has 1 aromatic carbocycles. The van der Waals surface area contributed by atoms with Gasteiger partial charge in [0.2, 0.25) is 5.95 Å². The first-order valence-electron chi connectivity index (χ1n) is 11.9. The van der Waals surface area contributed by atoms with Gasteiger partial charge in [-0.15, -0.1) is 0 Å². The average Bonchev–Trinajstić information content (AvgIpc) is 3.61. The molecule has 2 heterocycles. The molecule has 1 saturated heterocycles. The summed E-state index contributed by atoms with van der Waals surface area (Å²) in [4.78, 5) is 11.4. The number of hydrogen-bond acceptors (Lipinski definition) is 7. The lowest BCUT2D eigenvalue weighted by Crippen LogP contribution is -2.26. The van der Waals surface area contributed by atoms with Crippen LogP contribution in [0.5, 0.6) is 0 Å². The van der Waals surface area contributed by atoms with Crippen molar-refractivity contribution in [2.45, 2.75) is 50.2 Å². The van der Waals surface area contributed by atoms with Crippen LogP contribution in [0.2, 0.25) is 0 Å². The van der Waals surface area contributed by atoms with Gasteiger partial charge >= 0.3 is 0 Å². The van der Waals surface area contributed by atoms with Crippen molar-refractivity contribution in [3.05, 3.63) is 47.5 Å². The third-order valence-electron chi connectivity index (χ3n) is 7.16. The maximum atomic E-state index is 14.2. The van der Waals surface area contributed by atoms with E-state index in [-0.39, 0.29) is 17.6 Å². The fourth-order valence-electron chi connectivity index (χ4n) is 4.83. The predicted molar refractivity (Wildman–Crippen MR) is 128 cm³/mol. The molecule has 1 saturated carbocycles. The fourth-order valence-corrected chi connectivity index (χ4v) is 5.46. The summed E-state index contributed by atoms with van der Waals surface area (Å²) in [5.41, 5.74) is 1.37. The van der Waals surface area contributed by atoms with E-state index in [2.05, 4.69) is 14.9 Å². The summed E-state index contributed by atoms with van der Waals surface area (Å²) in [5, 5.41) is 0. The van der Waals surface area contributed by atoms with Crippen molar-refractivity contribution in [2.24, 2.45) is 17.8 Å². The Morgan fingerprint density at radius 2 is 1.97 bits per heavy atom. The zero-order valence-corrected chi connectivity index (χ0v) is 20.9. The van der Waals surface area contributed by atoms with Crippen LogP contribution in [-0.4, -0.2) is 51.4 Å². The Balaban J connectivity index is 1.23. The number of sulfone groups is 1. The van der Waals surface area contributed by atoms with Crippen LogP contribution in [0.1, 0.15) is 49.8 Å². The van der Waals surface area contributed by atoms with Gasteiger partial charge in [0.1, 0.15) is 5.82 Å². The summed E-state index contributed by atoms with van der Waals surface area (Å²) >= 11 is 0. The molecule has 2 aromatic rings. The molecule has 34 heavy (non-hydrogen) atoms. The normalized spacial score (nSPS) is 24.0. The highest BCUT2D eigenvalue weighted by molar-refractivity contribution is 7.90. The molecule has 0 N–H and O–H groups in total. The summed E-state index contributed by atoms with van der Waals surface area (Å²) in [6.45, 7) is 4.67. The summed E-state index contributed by atoms with van der Waals surface area (Å²) in [7, 11) is -1.73. The van der Waals surface area contributed by atoms with Gasteiger partial charge < -0.3 is 14.4 Å². The standard InChI is InChI=1S/C25H34FN3O4S/c1-17(32-2)21-13-27-25(28-14-21)29-9-4-5-18(8-10-29)23-11-20(23)16-33-15-19-6-7-22(12-24(19)26)34(3,30)31/h6-7,12-14,17-18,20,23H,4-5,8-11,15-16H2,1-3H3. The van der Waals surface area contributed by atoms with E-state index >= 15 is 0 Å². The Morgan fingerprint density at radius 1 is 1.21 bits per heavy atom. The van der Waals surface area contributed by atoms with Crippen LogP contribution in [0.25, 0.3) is 0 Å². The number of methoxy groups -OCH3 is 1. The van der Waals surface area contributed by atoms with Crippen molar-refractivity contribution in [3.8, 4) is 0 Å². The van der Waals surface area contributed by atoms with Crippen molar-refractivity contribution in [1.29, 1.82) is 0 Å². The minimum Gasteiger partial charge on any atom is -0.377 e. The van der Waals surface area contributed by atoms with E-state index in [0.29, 0.717) is 29.9 Å². The number of hydrogen-bond donors (Lipinski definition) is 0. The fraction of sp³-hybridized carbons (Fsp3) is 0.600. The molecule has 4 unspecified atom stereocenters. The maximum Gasteiger partial charge on any atom is 0.225 e. The summed E-state index contributed by atoms with van der Waals surface area (Å²) in [5.74, 6) is 2.08. The van der Waals surface area contributed by atoms with E-state index in [1.54, 1.807) is 7.11 Å². The van der Waals surface area contributed by atoms with Crippen LogP contribution in [0.3, 0.4) is 0 Å². The van der Waals surface area contributed by atoms with Gasteiger partial charge in [-0.2, -0.15) is 0 Å². The molecule has 0 bridgehead atoms. The number of benzene rings is 1. The van der Waals surface area contributed by atoms with Crippen LogP contribution in [0.15, 0.2) is 35.5 Å². The van der Waals surface area contributed by atoms with Gasteiger partial charge in [0.25, 0.3) is 0 Å². The third-order valence-corrected chi connectivity index (χ3v) is 8.27. The number of aromatic nitrogens is 2. The Morgan fingerprint density at radius 3 is 2.65 bits per heavy atom. The van der Waals surface area contributed by atoms with Crippen LogP contribution < -0.4 is 4.90 Å². The molecule has 4 atom stereocenters. The summed E-state index contributed by atoms with van der Waals surface area (Å²) < 4.78 is 48.5. The van der Waals surface area contributed by atoms with Gasteiger partial charge in [0.05, 0.1) is 24.2 Å². The zero-order valence-electron chi connectivity index (χ0n) is 20.1. The maximum absolute atomic E-state index is 14.2. The SMILES string of the molecule is COC(C)c1cnc(N2CCCC(C3CC3COCc3ccc(S(C)(=O)=O)cc3F)CC2)nc1. The van der Waals surface area contributed by atoms with Gasteiger partial charge in [-0.1, -0.05) is 6.07 Å². The van der Waals surface area contributed by atoms with Crippen molar-refractivity contribution in [2.75, 3.05) is 38.0 Å². The molecule has 186 valence electrons. The second kappa shape index (κ2) is 10.7. The van der Waals surface area contributed by atoms with E-state index < -0.39 is 15.7 Å². The minimum atomic E-state index is -3.41. The largest absolute Gasteiger partial charge is 0.377 e. The topological polar surface area (TPSA) is 81.6 Å². The lowest BCUT2D eigenvalue weighted by Gasteiger charge is -2.21. The Hall–Kier alpha value is -2.10. The van der Waals surface area contributed by atoms with Gasteiger partial charge in [0.15, 0.2) is 9.84 Å². The molecule has 4 rings (SSSR count). The zero-order chi connectivity index (χ0) is 24.3. The molecule has 0 spiro atoms. The van der Waals surface area contributed by atoms with E-state index in [0.717, 1.165) is 56.2 Å². The Bertz CT molecular complexity index is 1080. The van der Waals surface area contributed by atoms with E-state index in [1.807, 2.05) is 19.3 Å². The monoisotopic (exact) mass is 491 g/mol. The highest BCUT2D eigenvalue weighted by Crippen LogP contribution is 2.48. The van der Waals surface area contributed by atoms with E-state index in [9.17, 15) is 12.8 Å². The van der Waals surface area contributed by atoms with Crippen molar-refractivity contribution in [3.63, 3.8) is 0 Å². The molecule has 1 aromatic heterocycles. The first-order valence-corrected chi connectivity index (χ1v) is 13.8. The van der Waals surface area contributed by atoms with Crippen LogP contribution >= 0.6 is 0 Å². The lowest BCUT2D eigenvalue weighted by molar-refractivity contribution is 0.102. The van der Waals surface area contributed by atoms with E-state index in [4.69, 9.17) is 9.47 Å². The summed E-state index contributed by atoms with van der Waals surface area (Å²) in [6, 6.07) is 4.00. The number of nitrogens with zero attached hydrogens (tertiary/aromatic N) is 3. The van der Waals surface area contributed by atoms with Crippen molar-refractivity contribution < 1.29 is 22.3 Å². The number of ether oxygens (including phenoxy) is 2. The highest BCUT2D eigenvalue weighted by atomic mass is 32.2. The third kappa shape index (κ3) is 6.12. The number of halogens is 1. The van der Waals surface area contributed by atoms with Crippen LogP contribution in [0, 0.1) is 23.6 Å². The quantitative estimate of drug-likeness (QED) is 0.520. The molecule has 2 aliphatic rings. The summed E-state index contributed by atoms with van der Waals surface area (Å²) in [6.07, 6.45) is 9.34. The van der Waals surface area contributed by atoms with Gasteiger partial charge in [-0.3, -0.25) is 0 Å². The minimum absolute atomic E-state index is 0.00991. The molecular formula is C25H34FN3O4S. The molecule has 9 heteroatoms. The first-order chi connectivity index (χ1) is 16.3. The molecule has 2 fully saturated rings. The van der Waals surface area contributed by atoms with Gasteiger partial charge in [-0.05, 0) is 62.5 Å². The molecular weight excluding hydrogens is 457 g/mol. The Kier molecular flexibility index (Phi) is 7.84. The number of rotatable bonds is 9. The molecule has 0 amide bonds. The first kappa shape index (κ1) is 25.0. The van der Waals surface area contributed by atoms with Crippen LogP contribution in [-0.2, 0) is 25.9 Å². The number of anilines is 1. The van der Waals surface area contributed by atoms with E-state index in [1.165, 1.54) is 18.6 Å². The van der Waals surface area contributed by atoms with Gasteiger partial charge in [-0.25, -0.2) is 22.8 Å². The molecule has 7 nitrogen and oxygen atoms in total. The molecule has 1 aliphatic carbocycles. The molecule has 0 radical (unpaired) electrons. The van der Waals surface area contributed by atoms with Gasteiger partial charge in [0, 0.05) is 50.0 Å². The highest BCUT2D eigenvalue weighted by Gasteiger charge is 2.43. The second-order valence-corrected chi connectivity index (χ2v) is 11.6. The lowest BCUT2D eigenvalue weighted by atomic mass is 9.94. The second-order valence-electron chi connectivity index (χ2n) is 9.57. The van der Waals surface area contributed by atoms with Crippen molar-refractivity contribution >= 4 is 15.8 Å². The Labute approximate surface area is 201 Å². The molecule has 1 aliphatic heterocycles. The van der Waals surface area contributed by atoms with Crippen molar-refractivity contribution in [1.82, 2.24) is 9.97 Å². The predicted octanol–water partition coefficient (Wildman–Crippen LogP) is 4.19.